The second-order valence-electron chi connectivity index (χ2n) is 3.37. The lowest BCUT2D eigenvalue weighted by Gasteiger charge is -2.38. The van der Waals surface area contributed by atoms with Crippen LogP contribution in [0, 0.1) is 0 Å². The lowest BCUT2D eigenvalue weighted by molar-refractivity contribution is 0.0919. The molecule has 2 heteroatoms. The van der Waals surface area contributed by atoms with Gasteiger partial charge in [0.2, 0.25) is 0 Å². The number of hydrogen-bond acceptors (Lipinski definition) is 2. The second kappa shape index (κ2) is 4.07. The lowest BCUT2D eigenvalue weighted by atomic mass is 10.2. The fraction of sp³-hybridized carbons (Fsp3) is 1.00. The summed E-state index contributed by atoms with van der Waals surface area (Å²) in [4.78, 5) is 5.07. The second-order valence-corrected chi connectivity index (χ2v) is 3.37. The van der Waals surface area contributed by atoms with E-state index in [4.69, 9.17) is 0 Å². The molecule has 66 valence electrons. The van der Waals surface area contributed by atoms with Crippen molar-refractivity contribution < 1.29 is 0 Å². The fourth-order valence-corrected chi connectivity index (χ4v) is 1.83. The molecule has 1 rings (SSSR count). The molecule has 0 unspecified atom stereocenters. The Hall–Kier alpha value is -0.0800. The van der Waals surface area contributed by atoms with Crippen LogP contribution in [0.25, 0.3) is 0 Å². The maximum absolute atomic E-state index is 2.55. The van der Waals surface area contributed by atoms with Crippen molar-refractivity contribution in [1.29, 1.82) is 0 Å². The van der Waals surface area contributed by atoms with Crippen LogP contribution in [0.5, 0.6) is 0 Å². The molecule has 0 N–H and O–H groups in total. The van der Waals surface area contributed by atoms with Gasteiger partial charge in [0.05, 0.1) is 0 Å². The van der Waals surface area contributed by atoms with Crippen LogP contribution in [-0.2, 0) is 0 Å². The van der Waals surface area contributed by atoms with Gasteiger partial charge in [-0.15, -0.1) is 0 Å². The SMILES string of the molecule is CCN1CCN(CC)[C@@H](C)C1. The Morgan fingerprint density at radius 1 is 1.18 bits per heavy atom. The third kappa shape index (κ3) is 2.17. The van der Waals surface area contributed by atoms with E-state index in [1.165, 1.54) is 32.7 Å². The summed E-state index contributed by atoms with van der Waals surface area (Å²) in [6.45, 7) is 13.0. The summed E-state index contributed by atoms with van der Waals surface area (Å²) in [5.41, 5.74) is 0. The van der Waals surface area contributed by atoms with Crippen LogP contribution in [-0.4, -0.2) is 48.6 Å². The van der Waals surface area contributed by atoms with Gasteiger partial charge in [0.1, 0.15) is 0 Å². The van der Waals surface area contributed by atoms with Gasteiger partial charge in [-0.1, -0.05) is 13.8 Å². The average molecular weight is 156 g/mol. The minimum atomic E-state index is 0.758. The van der Waals surface area contributed by atoms with Gasteiger partial charge >= 0.3 is 0 Å². The summed E-state index contributed by atoms with van der Waals surface area (Å²) in [6, 6.07) is 0.758. The number of rotatable bonds is 2. The Morgan fingerprint density at radius 2 is 1.91 bits per heavy atom. The zero-order chi connectivity index (χ0) is 8.27. The zero-order valence-corrected chi connectivity index (χ0v) is 8.01. The van der Waals surface area contributed by atoms with Crippen LogP contribution in [0.4, 0.5) is 0 Å². The predicted molar refractivity (Wildman–Crippen MR) is 48.8 cm³/mol. The minimum absolute atomic E-state index is 0.758. The highest BCUT2D eigenvalue weighted by molar-refractivity contribution is 4.77. The Bertz CT molecular complexity index is 114. The molecule has 0 aromatic heterocycles. The topological polar surface area (TPSA) is 6.48 Å². The molecule has 1 aliphatic heterocycles. The van der Waals surface area contributed by atoms with Crippen molar-refractivity contribution in [2.24, 2.45) is 0 Å². The van der Waals surface area contributed by atoms with Crippen molar-refractivity contribution in [3.8, 4) is 0 Å². The molecular formula is C9H20N2. The van der Waals surface area contributed by atoms with Gasteiger partial charge in [0.25, 0.3) is 0 Å². The summed E-state index contributed by atoms with van der Waals surface area (Å²) in [5.74, 6) is 0. The van der Waals surface area contributed by atoms with Crippen molar-refractivity contribution in [1.82, 2.24) is 9.80 Å². The van der Waals surface area contributed by atoms with E-state index in [1.54, 1.807) is 0 Å². The number of piperazine rings is 1. The average Bonchev–Trinajstić information content (AvgIpc) is 2.04. The third-order valence-electron chi connectivity index (χ3n) is 2.70. The molecule has 0 aliphatic carbocycles. The summed E-state index contributed by atoms with van der Waals surface area (Å²) >= 11 is 0. The van der Waals surface area contributed by atoms with Crippen molar-refractivity contribution in [3.63, 3.8) is 0 Å². The van der Waals surface area contributed by atoms with Crippen molar-refractivity contribution >= 4 is 0 Å². The molecule has 0 amide bonds. The zero-order valence-electron chi connectivity index (χ0n) is 8.01. The first-order valence-corrected chi connectivity index (χ1v) is 4.74. The number of hydrogen-bond donors (Lipinski definition) is 0. The van der Waals surface area contributed by atoms with Gasteiger partial charge in [0.15, 0.2) is 0 Å². The first-order valence-electron chi connectivity index (χ1n) is 4.74. The highest BCUT2D eigenvalue weighted by Gasteiger charge is 2.20. The smallest absolute Gasteiger partial charge is 0.0195 e. The van der Waals surface area contributed by atoms with E-state index < -0.39 is 0 Å². The standard InChI is InChI=1S/C9H20N2/c1-4-10-6-7-11(5-2)9(3)8-10/h9H,4-8H2,1-3H3/t9-/m0/s1. The summed E-state index contributed by atoms with van der Waals surface area (Å²) in [7, 11) is 0. The van der Waals surface area contributed by atoms with Gasteiger partial charge < -0.3 is 4.90 Å². The number of nitrogens with zero attached hydrogens (tertiary/aromatic N) is 2. The quantitative estimate of drug-likeness (QED) is 0.589. The van der Waals surface area contributed by atoms with Crippen LogP contribution >= 0.6 is 0 Å². The van der Waals surface area contributed by atoms with Crippen molar-refractivity contribution in [3.05, 3.63) is 0 Å². The lowest BCUT2D eigenvalue weighted by Crippen LogP contribution is -2.51. The van der Waals surface area contributed by atoms with E-state index in [2.05, 4.69) is 30.6 Å². The van der Waals surface area contributed by atoms with Crippen LogP contribution in [0.1, 0.15) is 20.8 Å². The Balaban J connectivity index is 2.34. The van der Waals surface area contributed by atoms with Gasteiger partial charge in [-0.3, -0.25) is 4.90 Å². The van der Waals surface area contributed by atoms with Gasteiger partial charge in [-0.2, -0.15) is 0 Å². The van der Waals surface area contributed by atoms with E-state index in [0.29, 0.717) is 0 Å². The normalized spacial score (nSPS) is 29.2. The first-order chi connectivity index (χ1) is 5.27. The van der Waals surface area contributed by atoms with Crippen LogP contribution in [0.3, 0.4) is 0 Å². The summed E-state index contributed by atoms with van der Waals surface area (Å²) < 4.78 is 0. The molecule has 0 spiro atoms. The van der Waals surface area contributed by atoms with Gasteiger partial charge in [0, 0.05) is 25.7 Å². The molecule has 0 radical (unpaired) electrons. The Kier molecular flexibility index (Phi) is 3.34. The van der Waals surface area contributed by atoms with Gasteiger partial charge in [-0.25, -0.2) is 0 Å². The minimum Gasteiger partial charge on any atom is -0.301 e. The van der Waals surface area contributed by atoms with Crippen LogP contribution in [0.2, 0.25) is 0 Å². The molecule has 1 heterocycles. The molecule has 0 aromatic carbocycles. The summed E-state index contributed by atoms with van der Waals surface area (Å²) in [5, 5.41) is 0. The first kappa shape index (κ1) is 9.01. The largest absolute Gasteiger partial charge is 0.301 e. The van der Waals surface area contributed by atoms with E-state index in [-0.39, 0.29) is 0 Å². The molecule has 1 saturated heterocycles. The molecule has 2 nitrogen and oxygen atoms in total. The number of likely N-dealkylation sites (N-methyl/N-ethyl adjacent to an activating group) is 2. The monoisotopic (exact) mass is 156 g/mol. The van der Waals surface area contributed by atoms with Crippen molar-refractivity contribution in [2.45, 2.75) is 26.8 Å². The predicted octanol–water partition coefficient (Wildman–Crippen LogP) is 1.03. The van der Waals surface area contributed by atoms with E-state index in [9.17, 15) is 0 Å². The van der Waals surface area contributed by atoms with Gasteiger partial charge in [-0.05, 0) is 20.0 Å². The molecule has 0 saturated carbocycles. The van der Waals surface area contributed by atoms with E-state index in [1.807, 2.05) is 0 Å². The maximum atomic E-state index is 2.55. The Morgan fingerprint density at radius 3 is 2.36 bits per heavy atom. The molecule has 1 aliphatic rings. The van der Waals surface area contributed by atoms with Crippen molar-refractivity contribution in [2.75, 3.05) is 32.7 Å². The maximum Gasteiger partial charge on any atom is 0.0195 e. The molecule has 1 atom stereocenters. The molecule has 0 aromatic rings. The summed E-state index contributed by atoms with van der Waals surface area (Å²) in [6.07, 6.45) is 0. The van der Waals surface area contributed by atoms with E-state index >= 15 is 0 Å². The molecule has 1 fully saturated rings. The Labute approximate surface area is 70.2 Å². The molecule has 11 heavy (non-hydrogen) atoms. The highest BCUT2D eigenvalue weighted by atomic mass is 15.3. The molecule has 0 bridgehead atoms. The third-order valence-corrected chi connectivity index (χ3v) is 2.70. The fourth-order valence-electron chi connectivity index (χ4n) is 1.83. The van der Waals surface area contributed by atoms with E-state index in [0.717, 1.165) is 6.04 Å². The highest BCUT2D eigenvalue weighted by Crippen LogP contribution is 2.07. The van der Waals surface area contributed by atoms with Crippen LogP contribution < -0.4 is 0 Å². The molecular weight excluding hydrogens is 136 g/mol. The van der Waals surface area contributed by atoms with Crippen LogP contribution in [0.15, 0.2) is 0 Å².